The van der Waals surface area contributed by atoms with Gasteiger partial charge in [0.2, 0.25) is 5.91 Å². The van der Waals surface area contributed by atoms with Gasteiger partial charge < -0.3 is 10.1 Å². The molecule has 0 aromatic carbocycles. The molecule has 1 rings (SSSR count). The molecule has 0 radical (unpaired) electrons. The van der Waals surface area contributed by atoms with Crippen molar-refractivity contribution >= 4 is 17.2 Å². The van der Waals surface area contributed by atoms with Crippen LogP contribution < -0.4 is 5.32 Å². The normalized spacial score (nSPS) is 11.4. The summed E-state index contributed by atoms with van der Waals surface area (Å²) in [5, 5.41) is 4.84. The first kappa shape index (κ1) is 12.2. The Morgan fingerprint density at radius 3 is 2.87 bits per heavy atom. The Labute approximate surface area is 94.5 Å². The van der Waals surface area contributed by atoms with Gasteiger partial charge in [0.15, 0.2) is 0 Å². The van der Waals surface area contributed by atoms with Gasteiger partial charge in [-0.1, -0.05) is 6.07 Å². The lowest BCUT2D eigenvalue weighted by atomic mass is 9.90. The third-order valence-electron chi connectivity index (χ3n) is 2.30. The molecule has 0 saturated carbocycles. The molecule has 0 bridgehead atoms. The topological polar surface area (TPSA) is 38.3 Å². The Morgan fingerprint density at radius 2 is 2.33 bits per heavy atom. The molecule has 0 fully saturated rings. The molecule has 1 amide bonds. The average Bonchev–Trinajstić information content (AvgIpc) is 2.71. The smallest absolute Gasteiger partial charge is 0.231 e. The molecule has 0 saturated heterocycles. The minimum Gasteiger partial charge on any atom is -0.383 e. The highest BCUT2D eigenvalue weighted by Gasteiger charge is 2.30. The molecule has 0 aliphatic rings. The molecule has 1 heterocycles. The zero-order valence-corrected chi connectivity index (χ0v) is 10.2. The van der Waals surface area contributed by atoms with Crippen molar-refractivity contribution in [3.05, 3.63) is 22.4 Å². The van der Waals surface area contributed by atoms with Crippen molar-refractivity contribution in [2.45, 2.75) is 19.3 Å². The molecule has 4 heteroatoms. The van der Waals surface area contributed by atoms with Crippen LogP contribution in [0, 0.1) is 0 Å². The van der Waals surface area contributed by atoms with Gasteiger partial charge in [-0.05, 0) is 25.3 Å². The second-order valence-corrected chi connectivity index (χ2v) is 4.80. The summed E-state index contributed by atoms with van der Waals surface area (Å²) in [5.41, 5.74) is -0.456. The van der Waals surface area contributed by atoms with E-state index in [1.807, 2.05) is 31.4 Å². The number of methoxy groups -OCH3 is 1. The largest absolute Gasteiger partial charge is 0.383 e. The predicted octanol–water partition coefficient (Wildman–Crippen LogP) is 1.79. The maximum Gasteiger partial charge on any atom is 0.231 e. The highest BCUT2D eigenvalue weighted by Crippen LogP contribution is 2.27. The Kier molecular flexibility index (Phi) is 4.29. The average molecular weight is 227 g/mol. The third-order valence-corrected chi connectivity index (χ3v) is 3.49. The van der Waals surface area contributed by atoms with Crippen molar-refractivity contribution in [1.29, 1.82) is 0 Å². The summed E-state index contributed by atoms with van der Waals surface area (Å²) < 4.78 is 4.88. The fourth-order valence-electron chi connectivity index (χ4n) is 1.23. The summed E-state index contributed by atoms with van der Waals surface area (Å²) in [4.78, 5) is 13.0. The van der Waals surface area contributed by atoms with Gasteiger partial charge >= 0.3 is 0 Å². The second-order valence-electron chi connectivity index (χ2n) is 3.85. The molecular weight excluding hydrogens is 210 g/mol. The van der Waals surface area contributed by atoms with Crippen LogP contribution in [0.3, 0.4) is 0 Å². The number of carbonyl (C=O) groups excluding carboxylic acids is 1. The molecular formula is C11H17NO2S. The number of amides is 1. The Hall–Kier alpha value is -0.870. The van der Waals surface area contributed by atoms with Crippen molar-refractivity contribution in [3.8, 4) is 0 Å². The lowest BCUT2D eigenvalue weighted by Crippen LogP contribution is -2.40. The summed E-state index contributed by atoms with van der Waals surface area (Å²) in [7, 11) is 1.62. The van der Waals surface area contributed by atoms with Gasteiger partial charge in [0, 0.05) is 18.5 Å². The molecule has 84 valence electrons. The number of hydrogen-bond acceptors (Lipinski definition) is 3. The fourth-order valence-corrected chi connectivity index (χ4v) is 2.08. The van der Waals surface area contributed by atoms with Crippen LogP contribution in [-0.4, -0.2) is 26.2 Å². The van der Waals surface area contributed by atoms with Gasteiger partial charge in [-0.3, -0.25) is 4.79 Å². The van der Waals surface area contributed by atoms with E-state index >= 15 is 0 Å². The van der Waals surface area contributed by atoms with Crippen molar-refractivity contribution in [1.82, 2.24) is 5.32 Å². The van der Waals surface area contributed by atoms with Crippen LogP contribution in [0.25, 0.3) is 0 Å². The first-order valence-electron chi connectivity index (χ1n) is 4.90. The summed E-state index contributed by atoms with van der Waals surface area (Å²) in [6, 6.07) is 3.95. The Balaban J connectivity index is 2.58. The van der Waals surface area contributed by atoms with Gasteiger partial charge in [-0.2, -0.15) is 0 Å². The van der Waals surface area contributed by atoms with Crippen LogP contribution in [0.5, 0.6) is 0 Å². The molecule has 0 aliphatic carbocycles. The van der Waals surface area contributed by atoms with E-state index in [1.165, 1.54) is 0 Å². The van der Waals surface area contributed by atoms with Gasteiger partial charge in [-0.25, -0.2) is 0 Å². The molecule has 1 aromatic heterocycles. The van der Waals surface area contributed by atoms with Gasteiger partial charge in [0.1, 0.15) is 0 Å². The minimum absolute atomic E-state index is 0.0435. The Morgan fingerprint density at radius 1 is 1.60 bits per heavy atom. The van der Waals surface area contributed by atoms with Gasteiger partial charge in [-0.15, -0.1) is 11.3 Å². The second kappa shape index (κ2) is 5.28. The van der Waals surface area contributed by atoms with Crippen LogP contribution in [0.1, 0.15) is 18.7 Å². The predicted molar refractivity (Wildman–Crippen MR) is 62.2 cm³/mol. The first-order chi connectivity index (χ1) is 7.09. The molecule has 3 nitrogen and oxygen atoms in total. The lowest BCUT2D eigenvalue weighted by Gasteiger charge is -2.22. The molecule has 1 N–H and O–H groups in total. The molecule has 1 aromatic rings. The molecule has 0 spiro atoms. The summed E-state index contributed by atoms with van der Waals surface area (Å²) in [6.07, 6.45) is 0. The van der Waals surface area contributed by atoms with E-state index in [1.54, 1.807) is 18.4 Å². The highest BCUT2D eigenvalue weighted by molar-refractivity contribution is 7.10. The zero-order valence-electron chi connectivity index (χ0n) is 9.37. The van der Waals surface area contributed by atoms with Crippen LogP contribution in [0.15, 0.2) is 17.5 Å². The minimum atomic E-state index is -0.456. The van der Waals surface area contributed by atoms with Crippen molar-refractivity contribution < 1.29 is 9.53 Å². The maximum atomic E-state index is 11.9. The van der Waals surface area contributed by atoms with Crippen LogP contribution in [0.2, 0.25) is 0 Å². The van der Waals surface area contributed by atoms with Gasteiger partial charge in [0.25, 0.3) is 0 Å². The van der Waals surface area contributed by atoms with Crippen LogP contribution >= 0.6 is 11.3 Å². The SMILES string of the molecule is COCCNC(=O)C(C)(C)c1cccs1. The number of carbonyl (C=O) groups is 1. The highest BCUT2D eigenvalue weighted by atomic mass is 32.1. The van der Waals surface area contributed by atoms with E-state index in [-0.39, 0.29) is 5.91 Å². The molecule has 0 aliphatic heterocycles. The lowest BCUT2D eigenvalue weighted by molar-refractivity contribution is -0.125. The molecule has 0 atom stereocenters. The molecule has 15 heavy (non-hydrogen) atoms. The third kappa shape index (κ3) is 3.04. The Bertz CT molecular complexity index is 306. The van der Waals surface area contributed by atoms with E-state index in [2.05, 4.69) is 5.32 Å². The summed E-state index contributed by atoms with van der Waals surface area (Å²) in [5.74, 6) is 0.0435. The van der Waals surface area contributed by atoms with E-state index in [0.29, 0.717) is 13.2 Å². The standard InChI is InChI=1S/C11H17NO2S/c1-11(2,9-5-4-8-15-9)10(13)12-6-7-14-3/h4-5,8H,6-7H2,1-3H3,(H,12,13). The summed E-state index contributed by atoms with van der Waals surface area (Å²) in [6.45, 7) is 4.97. The number of nitrogens with one attached hydrogen (secondary N) is 1. The van der Waals surface area contributed by atoms with Crippen molar-refractivity contribution in [2.75, 3.05) is 20.3 Å². The quantitative estimate of drug-likeness (QED) is 0.779. The van der Waals surface area contributed by atoms with Gasteiger partial charge in [0.05, 0.1) is 12.0 Å². The number of thiophene rings is 1. The van der Waals surface area contributed by atoms with E-state index in [4.69, 9.17) is 4.74 Å². The van der Waals surface area contributed by atoms with Crippen molar-refractivity contribution in [3.63, 3.8) is 0 Å². The number of ether oxygens (including phenoxy) is 1. The molecule has 0 unspecified atom stereocenters. The van der Waals surface area contributed by atoms with Crippen LogP contribution in [-0.2, 0) is 14.9 Å². The summed E-state index contributed by atoms with van der Waals surface area (Å²) >= 11 is 1.61. The van der Waals surface area contributed by atoms with E-state index < -0.39 is 5.41 Å². The number of rotatable bonds is 5. The zero-order chi connectivity index (χ0) is 11.3. The van der Waals surface area contributed by atoms with Crippen LogP contribution in [0.4, 0.5) is 0 Å². The van der Waals surface area contributed by atoms with Crippen molar-refractivity contribution in [2.24, 2.45) is 0 Å². The first-order valence-corrected chi connectivity index (χ1v) is 5.78. The number of hydrogen-bond donors (Lipinski definition) is 1. The van der Waals surface area contributed by atoms with E-state index in [9.17, 15) is 4.79 Å². The maximum absolute atomic E-state index is 11.9. The monoisotopic (exact) mass is 227 g/mol. The fraction of sp³-hybridized carbons (Fsp3) is 0.545. The van der Waals surface area contributed by atoms with E-state index in [0.717, 1.165) is 4.88 Å².